The lowest BCUT2D eigenvalue weighted by Gasteiger charge is -2.49. The van der Waals surface area contributed by atoms with Gasteiger partial charge in [0.25, 0.3) is 0 Å². The van der Waals surface area contributed by atoms with Crippen molar-refractivity contribution < 1.29 is 14.7 Å². The van der Waals surface area contributed by atoms with Crippen molar-refractivity contribution in [3.8, 4) is 0 Å². The molecule has 2 amide bonds. The Morgan fingerprint density at radius 1 is 1.28 bits per heavy atom. The largest absolute Gasteiger partial charge is 0.388 e. The Bertz CT molecular complexity index is 586. The molecule has 1 heterocycles. The smallest absolute Gasteiger partial charge is 0.223 e. The number of carbonyl (C=O) groups excluding carboxylic acids is 2. The third kappa shape index (κ3) is 4.82. The molecule has 0 bridgehead atoms. The molecule has 1 fully saturated rings. The zero-order valence-electron chi connectivity index (χ0n) is 15.5. The minimum atomic E-state index is -1.06. The van der Waals surface area contributed by atoms with E-state index in [9.17, 15) is 14.7 Å². The van der Waals surface area contributed by atoms with Gasteiger partial charge in [-0.05, 0) is 25.3 Å². The third-order valence-corrected chi connectivity index (χ3v) is 4.99. The number of nitrogens with zero attached hydrogens (tertiary/aromatic N) is 1. The van der Waals surface area contributed by atoms with Gasteiger partial charge in [0.05, 0.1) is 17.7 Å². The molecular formula is C20H30N2O3. The van der Waals surface area contributed by atoms with Crippen LogP contribution in [0.4, 0.5) is 0 Å². The van der Waals surface area contributed by atoms with E-state index in [2.05, 4.69) is 12.2 Å². The quantitative estimate of drug-likeness (QED) is 0.778. The minimum Gasteiger partial charge on any atom is -0.388 e. The van der Waals surface area contributed by atoms with E-state index in [1.807, 2.05) is 35.2 Å². The maximum atomic E-state index is 12.8. The summed E-state index contributed by atoms with van der Waals surface area (Å²) in [4.78, 5) is 26.4. The number of unbranched alkanes of at least 4 members (excludes halogenated alkanes) is 2. The SMILES string of the molecule is CCCCCC(=O)N1CCC(C)(O)C(NC(C)=O)C1c1ccccc1. The number of piperidine rings is 1. The molecule has 2 rings (SSSR count). The molecule has 1 aromatic carbocycles. The Kier molecular flexibility index (Phi) is 6.59. The van der Waals surface area contributed by atoms with Gasteiger partial charge in [-0.25, -0.2) is 0 Å². The molecule has 1 aliphatic heterocycles. The number of amides is 2. The van der Waals surface area contributed by atoms with E-state index in [4.69, 9.17) is 0 Å². The summed E-state index contributed by atoms with van der Waals surface area (Å²) in [5, 5.41) is 13.8. The Hall–Kier alpha value is -1.88. The third-order valence-electron chi connectivity index (χ3n) is 4.99. The van der Waals surface area contributed by atoms with Gasteiger partial charge in [-0.1, -0.05) is 50.1 Å². The van der Waals surface area contributed by atoms with Gasteiger partial charge < -0.3 is 15.3 Å². The zero-order chi connectivity index (χ0) is 18.4. The molecule has 0 saturated carbocycles. The highest BCUT2D eigenvalue weighted by molar-refractivity contribution is 5.78. The van der Waals surface area contributed by atoms with Crippen LogP contribution in [-0.4, -0.2) is 40.0 Å². The van der Waals surface area contributed by atoms with Gasteiger partial charge in [0.2, 0.25) is 11.8 Å². The average molecular weight is 346 g/mol. The van der Waals surface area contributed by atoms with E-state index in [1.165, 1.54) is 6.92 Å². The summed E-state index contributed by atoms with van der Waals surface area (Å²) in [7, 11) is 0. The molecule has 25 heavy (non-hydrogen) atoms. The van der Waals surface area contributed by atoms with Gasteiger partial charge in [0.1, 0.15) is 0 Å². The molecule has 1 aliphatic rings. The summed E-state index contributed by atoms with van der Waals surface area (Å²) in [5.74, 6) is -0.111. The second kappa shape index (κ2) is 8.48. The number of hydrogen-bond acceptors (Lipinski definition) is 3. The second-order valence-electron chi connectivity index (χ2n) is 7.19. The van der Waals surface area contributed by atoms with Crippen LogP contribution in [0.5, 0.6) is 0 Å². The Balaban J connectivity index is 2.34. The van der Waals surface area contributed by atoms with Crippen molar-refractivity contribution in [1.82, 2.24) is 10.2 Å². The number of carbonyl (C=O) groups is 2. The molecule has 2 N–H and O–H groups in total. The summed E-state index contributed by atoms with van der Waals surface area (Å²) < 4.78 is 0. The molecule has 1 aromatic rings. The van der Waals surface area contributed by atoms with Crippen molar-refractivity contribution in [2.24, 2.45) is 0 Å². The van der Waals surface area contributed by atoms with Gasteiger partial charge in [0, 0.05) is 19.9 Å². The number of nitrogens with one attached hydrogen (secondary N) is 1. The van der Waals surface area contributed by atoms with E-state index in [0.717, 1.165) is 24.8 Å². The number of likely N-dealkylation sites (tertiary alicyclic amines) is 1. The van der Waals surface area contributed by atoms with Crippen LogP contribution in [0.3, 0.4) is 0 Å². The van der Waals surface area contributed by atoms with Crippen LogP contribution in [0.1, 0.15) is 64.5 Å². The first kappa shape index (κ1) is 19.4. The Labute approximate surface area is 150 Å². The van der Waals surface area contributed by atoms with Crippen LogP contribution in [0.25, 0.3) is 0 Å². The molecular weight excluding hydrogens is 316 g/mol. The first-order valence-electron chi connectivity index (χ1n) is 9.20. The van der Waals surface area contributed by atoms with Gasteiger partial charge in [-0.3, -0.25) is 9.59 Å². The fourth-order valence-electron chi connectivity index (χ4n) is 3.59. The summed E-state index contributed by atoms with van der Waals surface area (Å²) in [6, 6.07) is 8.78. The fraction of sp³-hybridized carbons (Fsp3) is 0.600. The van der Waals surface area contributed by atoms with Crippen molar-refractivity contribution in [3.63, 3.8) is 0 Å². The molecule has 0 aliphatic carbocycles. The fourth-order valence-corrected chi connectivity index (χ4v) is 3.59. The van der Waals surface area contributed by atoms with Crippen molar-refractivity contribution in [2.75, 3.05) is 6.54 Å². The average Bonchev–Trinajstić information content (AvgIpc) is 2.57. The molecule has 0 spiro atoms. The van der Waals surface area contributed by atoms with E-state index < -0.39 is 11.6 Å². The normalized spacial score (nSPS) is 26.3. The standard InChI is InChI=1S/C20H30N2O3/c1-4-5-7-12-17(24)22-14-13-20(3,25)19(21-15(2)23)18(22)16-10-8-6-9-11-16/h6,8-11,18-19,25H,4-5,7,12-14H2,1-3H3,(H,21,23). The molecule has 3 atom stereocenters. The van der Waals surface area contributed by atoms with E-state index in [0.29, 0.717) is 19.4 Å². The van der Waals surface area contributed by atoms with Gasteiger partial charge in [0.15, 0.2) is 0 Å². The second-order valence-corrected chi connectivity index (χ2v) is 7.19. The number of aliphatic hydroxyl groups is 1. The van der Waals surface area contributed by atoms with Gasteiger partial charge in [-0.2, -0.15) is 0 Å². The maximum absolute atomic E-state index is 12.8. The number of hydrogen-bond donors (Lipinski definition) is 2. The van der Waals surface area contributed by atoms with Crippen molar-refractivity contribution in [1.29, 1.82) is 0 Å². The topological polar surface area (TPSA) is 69.6 Å². The van der Waals surface area contributed by atoms with Crippen LogP contribution in [-0.2, 0) is 9.59 Å². The number of rotatable bonds is 6. The van der Waals surface area contributed by atoms with Crippen LogP contribution in [0, 0.1) is 0 Å². The lowest BCUT2D eigenvalue weighted by Crippen LogP contribution is -2.63. The Morgan fingerprint density at radius 3 is 2.56 bits per heavy atom. The van der Waals surface area contributed by atoms with Crippen molar-refractivity contribution in [2.45, 2.75) is 70.6 Å². The monoisotopic (exact) mass is 346 g/mol. The van der Waals surface area contributed by atoms with E-state index >= 15 is 0 Å². The first-order chi connectivity index (χ1) is 11.9. The maximum Gasteiger partial charge on any atom is 0.223 e. The summed E-state index contributed by atoms with van der Waals surface area (Å²) in [6.07, 6.45) is 3.92. The predicted octanol–water partition coefficient (Wildman–Crippen LogP) is 2.80. The molecule has 3 unspecified atom stereocenters. The lowest BCUT2D eigenvalue weighted by molar-refractivity contribution is -0.145. The van der Waals surface area contributed by atoms with Crippen LogP contribution >= 0.6 is 0 Å². The summed E-state index contributed by atoms with van der Waals surface area (Å²) in [6.45, 7) is 5.79. The highest BCUT2D eigenvalue weighted by atomic mass is 16.3. The van der Waals surface area contributed by atoms with E-state index in [1.54, 1.807) is 6.92 Å². The lowest BCUT2D eigenvalue weighted by atomic mass is 9.79. The van der Waals surface area contributed by atoms with Crippen LogP contribution < -0.4 is 5.32 Å². The molecule has 5 heteroatoms. The molecule has 0 radical (unpaired) electrons. The molecule has 0 aromatic heterocycles. The molecule has 5 nitrogen and oxygen atoms in total. The van der Waals surface area contributed by atoms with Crippen LogP contribution in [0.2, 0.25) is 0 Å². The van der Waals surface area contributed by atoms with Gasteiger partial charge >= 0.3 is 0 Å². The van der Waals surface area contributed by atoms with Crippen molar-refractivity contribution in [3.05, 3.63) is 35.9 Å². The highest BCUT2D eigenvalue weighted by Gasteiger charge is 2.47. The van der Waals surface area contributed by atoms with E-state index in [-0.39, 0.29) is 17.9 Å². The highest BCUT2D eigenvalue weighted by Crippen LogP contribution is 2.37. The Morgan fingerprint density at radius 2 is 1.96 bits per heavy atom. The molecule has 1 saturated heterocycles. The number of benzene rings is 1. The minimum absolute atomic E-state index is 0.0909. The zero-order valence-corrected chi connectivity index (χ0v) is 15.5. The van der Waals surface area contributed by atoms with Gasteiger partial charge in [-0.15, -0.1) is 0 Å². The first-order valence-corrected chi connectivity index (χ1v) is 9.20. The molecule has 138 valence electrons. The summed E-state index contributed by atoms with van der Waals surface area (Å²) >= 11 is 0. The van der Waals surface area contributed by atoms with Crippen molar-refractivity contribution >= 4 is 11.8 Å². The summed E-state index contributed by atoms with van der Waals surface area (Å²) in [5.41, 5.74) is -0.128. The van der Waals surface area contributed by atoms with Crippen LogP contribution in [0.15, 0.2) is 30.3 Å². The predicted molar refractivity (Wildman–Crippen MR) is 97.9 cm³/mol.